The third kappa shape index (κ3) is 5.60. The number of nitrogens with one attached hydrogen (secondary N) is 1. The molecule has 0 saturated carbocycles. The number of nitro groups is 1. The molecular weight excluding hydrogens is 424 g/mol. The topological polar surface area (TPSA) is 131 Å². The van der Waals surface area contributed by atoms with Gasteiger partial charge in [0.05, 0.1) is 28.6 Å². The Labute approximate surface area is 179 Å². The molecule has 0 radical (unpaired) electrons. The van der Waals surface area contributed by atoms with E-state index in [2.05, 4.69) is 10.5 Å². The number of hydrazone groups is 1. The Hall–Kier alpha value is -3.41. The first-order valence-corrected chi connectivity index (χ1v) is 10.7. The van der Waals surface area contributed by atoms with Crippen molar-refractivity contribution in [2.24, 2.45) is 5.10 Å². The minimum Gasteiger partial charge on any atom is -0.379 e. The molecule has 0 aliphatic carbocycles. The minimum absolute atomic E-state index is 0.0160. The van der Waals surface area contributed by atoms with Gasteiger partial charge in [0.25, 0.3) is 11.6 Å². The standard InChI is InChI=1S/C20H20N4O6S/c25-20(22-21-10-4-7-16-5-1-2-9-19(16)24(26)27)17-6-3-8-18(15-17)31(28,29)23-11-13-30-14-12-23/h1-10,15H,11-14H2,(H,22,25)/b7-4+,21-10+. The van der Waals surface area contributed by atoms with Gasteiger partial charge in [-0.05, 0) is 36.4 Å². The van der Waals surface area contributed by atoms with Crippen molar-refractivity contribution in [2.45, 2.75) is 4.90 Å². The summed E-state index contributed by atoms with van der Waals surface area (Å²) in [6.07, 6.45) is 4.20. The zero-order valence-electron chi connectivity index (χ0n) is 16.4. The van der Waals surface area contributed by atoms with Gasteiger partial charge in [-0.15, -0.1) is 0 Å². The SMILES string of the molecule is O=C(N/N=C/C=C/c1ccccc1[N+](=O)[O-])c1cccc(S(=O)(=O)N2CCOCC2)c1. The molecule has 1 aliphatic rings. The summed E-state index contributed by atoms with van der Waals surface area (Å²) in [6, 6.07) is 11.9. The van der Waals surface area contributed by atoms with Crippen molar-refractivity contribution in [3.63, 3.8) is 0 Å². The Morgan fingerprint density at radius 2 is 1.90 bits per heavy atom. The van der Waals surface area contributed by atoms with Crippen molar-refractivity contribution in [3.8, 4) is 0 Å². The van der Waals surface area contributed by atoms with E-state index in [1.807, 2.05) is 0 Å². The van der Waals surface area contributed by atoms with Crippen LogP contribution in [0.5, 0.6) is 0 Å². The Bertz CT molecular complexity index is 1120. The third-order valence-electron chi connectivity index (χ3n) is 4.44. The van der Waals surface area contributed by atoms with Crippen LogP contribution in [0, 0.1) is 10.1 Å². The predicted molar refractivity (Wildman–Crippen MR) is 114 cm³/mol. The van der Waals surface area contributed by atoms with Crippen molar-refractivity contribution in [2.75, 3.05) is 26.3 Å². The quantitative estimate of drug-likeness (QED) is 0.395. The number of para-hydroxylation sites is 1. The van der Waals surface area contributed by atoms with Crippen LogP contribution in [-0.4, -0.2) is 56.1 Å². The lowest BCUT2D eigenvalue weighted by Gasteiger charge is -2.26. The minimum atomic E-state index is -3.72. The number of nitro benzene ring substituents is 1. The number of carbonyl (C=O) groups excluding carboxylic acids is 1. The van der Waals surface area contributed by atoms with Crippen LogP contribution in [0.3, 0.4) is 0 Å². The van der Waals surface area contributed by atoms with Crippen LogP contribution < -0.4 is 5.43 Å². The first-order valence-electron chi connectivity index (χ1n) is 9.31. The zero-order valence-corrected chi connectivity index (χ0v) is 17.2. The highest BCUT2D eigenvalue weighted by atomic mass is 32.2. The fraction of sp³-hybridized carbons (Fsp3) is 0.200. The molecule has 1 amide bonds. The number of allylic oxidation sites excluding steroid dienone is 1. The zero-order chi connectivity index (χ0) is 22.3. The van der Waals surface area contributed by atoms with Crippen molar-refractivity contribution in [3.05, 3.63) is 75.8 Å². The van der Waals surface area contributed by atoms with E-state index in [1.54, 1.807) is 18.2 Å². The van der Waals surface area contributed by atoms with Gasteiger partial charge in [0, 0.05) is 30.9 Å². The second-order valence-electron chi connectivity index (χ2n) is 6.44. The molecule has 1 saturated heterocycles. The molecule has 10 nitrogen and oxygen atoms in total. The predicted octanol–water partition coefficient (Wildman–Crippen LogP) is 2.04. The summed E-state index contributed by atoms with van der Waals surface area (Å²) in [5, 5.41) is 14.7. The molecule has 11 heteroatoms. The van der Waals surface area contributed by atoms with Crippen LogP contribution in [0.1, 0.15) is 15.9 Å². The average molecular weight is 444 g/mol. The van der Waals surface area contributed by atoms with Crippen LogP contribution in [-0.2, 0) is 14.8 Å². The number of nitrogens with zero attached hydrogens (tertiary/aromatic N) is 3. The Balaban J connectivity index is 1.65. The van der Waals surface area contributed by atoms with Gasteiger partial charge in [-0.25, -0.2) is 13.8 Å². The first-order chi connectivity index (χ1) is 14.9. The average Bonchev–Trinajstić information content (AvgIpc) is 2.79. The van der Waals surface area contributed by atoms with E-state index in [1.165, 1.54) is 53.0 Å². The highest BCUT2D eigenvalue weighted by molar-refractivity contribution is 7.89. The highest BCUT2D eigenvalue weighted by Crippen LogP contribution is 2.19. The molecule has 1 aliphatic heterocycles. The van der Waals surface area contributed by atoms with Gasteiger partial charge < -0.3 is 4.74 Å². The van der Waals surface area contributed by atoms with Crippen molar-refractivity contribution in [1.29, 1.82) is 0 Å². The van der Waals surface area contributed by atoms with Crippen LogP contribution >= 0.6 is 0 Å². The Morgan fingerprint density at radius 3 is 2.65 bits per heavy atom. The molecule has 1 fully saturated rings. The fourth-order valence-corrected chi connectivity index (χ4v) is 4.33. The van der Waals surface area contributed by atoms with E-state index in [-0.39, 0.29) is 29.2 Å². The van der Waals surface area contributed by atoms with Gasteiger partial charge in [-0.3, -0.25) is 14.9 Å². The molecule has 0 bridgehead atoms. The van der Waals surface area contributed by atoms with Crippen molar-refractivity contribution < 1.29 is 22.9 Å². The van der Waals surface area contributed by atoms with Crippen LogP contribution in [0.4, 0.5) is 5.69 Å². The van der Waals surface area contributed by atoms with Gasteiger partial charge in [-0.1, -0.05) is 18.2 Å². The molecule has 1 heterocycles. The summed E-state index contributed by atoms with van der Waals surface area (Å²) in [4.78, 5) is 22.8. The summed E-state index contributed by atoms with van der Waals surface area (Å²) in [5.74, 6) is -0.589. The number of hydrogen-bond acceptors (Lipinski definition) is 7. The Kier molecular flexibility index (Phi) is 7.23. The highest BCUT2D eigenvalue weighted by Gasteiger charge is 2.26. The molecular formula is C20H20N4O6S. The monoisotopic (exact) mass is 444 g/mol. The van der Waals surface area contributed by atoms with E-state index in [0.29, 0.717) is 18.8 Å². The molecule has 2 aromatic rings. The maximum absolute atomic E-state index is 12.7. The normalized spacial score (nSPS) is 15.4. The summed E-state index contributed by atoms with van der Waals surface area (Å²) in [5.41, 5.74) is 2.78. The summed E-state index contributed by atoms with van der Waals surface area (Å²) in [6.45, 7) is 1.17. The van der Waals surface area contributed by atoms with Crippen LogP contribution in [0.25, 0.3) is 6.08 Å². The van der Waals surface area contributed by atoms with Gasteiger partial charge in [-0.2, -0.15) is 9.41 Å². The molecule has 2 aromatic carbocycles. The largest absolute Gasteiger partial charge is 0.379 e. The molecule has 0 spiro atoms. The van der Waals surface area contributed by atoms with Gasteiger partial charge in [0.2, 0.25) is 10.0 Å². The van der Waals surface area contributed by atoms with Gasteiger partial charge in [0.1, 0.15) is 0 Å². The number of amides is 1. The maximum atomic E-state index is 12.7. The number of sulfonamides is 1. The molecule has 1 N–H and O–H groups in total. The molecule has 0 aromatic heterocycles. The molecule has 0 atom stereocenters. The van der Waals surface area contributed by atoms with E-state index in [0.717, 1.165) is 0 Å². The lowest BCUT2D eigenvalue weighted by Crippen LogP contribution is -2.40. The van der Waals surface area contributed by atoms with E-state index in [9.17, 15) is 23.3 Å². The van der Waals surface area contributed by atoms with Gasteiger partial charge >= 0.3 is 0 Å². The van der Waals surface area contributed by atoms with Crippen LogP contribution in [0.2, 0.25) is 0 Å². The smallest absolute Gasteiger partial charge is 0.276 e. The molecule has 0 unspecified atom stereocenters. The lowest BCUT2D eigenvalue weighted by atomic mass is 10.2. The van der Waals surface area contributed by atoms with Crippen LogP contribution in [0.15, 0.2) is 64.6 Å². The third-order valence-corrected chi connectivity index (χ3v) is 6.33. The Morgan fingerprint density at radius 1 is 1.16 bits per heavy atom. The van der Waals surface area contributed by atoms with Crippen molar-refractivity contribution >= 4 is 33.9 Å². The second kappa shape index (κ2) is 10.1. The summed E-state index contributed by atoms with van der Waals surface area (Å²) < 4.78 is 31.9. The first kappa shape index (κ1) is 22.3. The number of carbonyl (C=O) groups is 1. The second-order valence-corrected chi connectivity index (χ2v) is 8.38. The number of rotatable bonds is 7. The number of ether oxygens (including phenoxy) is 1. The number of hydrogen-bond donors (Lipinski definition) is 1. The molecule has 3 rings (SSSR count). The summed E-state index contributed by atoms with van der Waals surface area (Å²) in [7, 11) is -3.72. The van der Waals surface area contributed by atoms with E-state index >= 15 is 0 Å². The number of morpholine rings is 1. The maximum Gasteiger partial charge on any atom is 0.276 e. The lowest BCUT2D eigenvalue weighted by molar-refractivity contribution is -0.385. The molecule has 31 heavy (non-hydrogen) atoms. The van der Waals surface area contributed by atoms with Crippen molar-refractivity contribution in [1.82, 2.24) is 9.73 Å². The van der Waals surface area contributed by atoms with E-state index < -0.39 is 20.9 Å². The number of benzene rings is 2. The van der Waals surface area contributed by atoms with E-state index in [4.69, 9.17) is 4.74 Å². The fourth-order valence-electron chi connectivity index (χ4n) is 2.88. The molecule has 162 valence electrons. The van der Waals surface area contributed by atoms with Gasteiger partial charge in [0.15, 0.2) is 0 Å². The summed E-state index contributed by atoms with van der Waals surface area (Å²) >= 11 is 0.